The van der Waals surface area contributed by atoms with Gasteiger partial charge in [0.15, 0.2) is 0 Å². The molecule has 5 nitrogen and oxygen atoms in total. The van der Waals surface area contributed by atoms with Gasteiger partial charge in [0.25, 0.3) is 0 Å². The van der Waals surface area contributed by atoms with E-state index in [2.05, 4.69) is 27.3 Å². The summed E-state index contributed by atoms with van der Waals surface area (Å²) >= 11 is 0. The molecule has 2 N–H and O–H groups in total. The molecule has 0 saturated carbocycles. The number of nitrogens with one attached hydrogen (secondary N) is 2. The van der Waals surface area contributed by atoms with Gasteiger partial charge in [-0.2, -0.15) is 5.26 Å². The van der Waals surface area contributed by atoms with Gasteiger partial charge in [0.05, 0.1) is 11.6 Å². The average molecular weight is 399 g/mol. The number of aromatic amines is 1. The van der Waals surface area contributed by atoms with Crippen LogP contribution in [0.25, 0.3) is 17.0 Å². The molecule has 0 saturated heterocycles. The number of fused-ring (bicyclic) bond motifs is 2. The van der Waals surface area contributed by atoms with Crippen LogP contribution in [-0.2, 0) is 17.8 Å². The molecule has 1 aliphatic rings. The summed E-state index contributed by atoms with van der Waals surface area (Å²) in [6.45, 7) is 3.66. The Kier molecular flexibility index (Phi) is 6.26. The van der Waals surface area contributed by atoms with E-state index in [4.69, 9.17) is 5.26 Å². The van der Waals surface area contributed by atoms with Crippen molar-refractivity contribution in [1.82, 2.24) is 15.2 Å². The van der Waals surface area contributed by atoms with E-state index in [9.17, 15) is 4.79 Å². The van der Waals surface area contributed by atoms with Crippen molar-refractivity contribution < 1.29 is 4.79 Å². The number of nitriles is 1. The highest BCUT2D eigenvalue weighted by molar-refractivity contribution is 5.92. The highest BCUT2D eigenvalue weighted by Crippen LogP contribution is 2.20. The summed E-state index contributed by atoms with van der Waals surface area (Å²) in [5.74, 6) is -0.0579. The Balaban J connectivity index is 1.16. The predicted molar refractivity (Wildman–Crippen MR) is 120 cm³/mol. The maximum Gasteiger partial charge on any atom is 0.243 e. The molecule has 0 spiro atoms. The largest absolute Gasteiger partial charge is 0.361 e. The number of benzene rings is 2. The van der Waals surface area contributed by atoms with Crippen LogP contribution in [0.4, 0.5) is 0 Å². The van der Waals surface area contributed by atoms with E-state index < -0.39 is 0 Å². The van der Waals surface area contributed by atoms with Crippen molar-refractivity contribution in [3.63, 3.8) is 0 Å². The summed E-state index contributed by atoms with van der Waals surface area (Å²) in [4.78, 5) is 17.7. The maximum absolute atomic E-state index is 12.0. The Bertz CT molecular complexity index is 1110. The molecule has 0 atom stereocenters. The molecule has 0 bridgehead atoms. The first-order chi connectivity index (χ1) is 14.7. The summed E-state index contributed by atoms with van der Waals surface area (Å²) in [5.41, 5.74) is 5.45. The van der Waals surface area contributed by atoms with Crippen molar-refractivity contribution in [2.24, 2.45) is 0 Å². The highest BCUT2D eigenvalue weighted by atomic mass is 16.1. The average Bonchev–Trinajstić information content (AvgIpc) is 3.25. The molecule has 2 aromatic carbocycles. The number of carbonyl (C=O) groups excluding carboxylic acids is 1. The van der Waals surface area contributed by atoms with Crippen molar-refractivity contribution in [2.75, 3.05) is 19.6 Å². The third-order valence-corrected chi connectivity index (χ3v) is 5.63. The van der Waals surface area contributed by atoms with E-state index in [-0.39, 0.29) is 5.91 Å². The van der Waals surface area contributed by atoms with Crippen LogP contribution in [0.1, 0.15) is 35.1 Å². The number of rotatable bonds is 7. The molecule has 5 heteroatoms. The lowest BCUT2D eigenvalue weighted by atomic mass is 9.97. The number of H-pyrrole nitrogens is 1. The van der Waals surface area contributed by atoms with Gasteiger partial charge in [-0.3, -0.25) is 9.69 Å². The standard InChI is InChI=1S/C25H26N4O/c26-17-20-4-6-21-10-14-29(18-23(21)15-20)13-2-1-11-28-25(30)8-5-19-3-7-22-9-12-27-24(22)16-19/h3-9,12,15-16,27H,1-2,10-11,13-14,18H2,(H,28,30). The third-order valence-electron chi connectivity index (χ3n) is 5.63. The molecule has 0 aliphatic carbocycles. The SMILES string of the molecule is N#Cc1ccc2c(c1)CN(CCCCNC(=O)C=Cc1ccc3cc[nH]c3c1)CC2. The molecule has 2 heterocycles. The molecule has 0 fully saturated rings. The molecule has 0 radical (unpaired) electrons. The number of amides is 1. The monoisotopic (exact) mass is 398 g/mol. The van der Waals surface area contributed by atoms with Gasteiger partial charge in [-0.15, -0.1) is 0 Å². The molecule has 4 rings (SSSR count). The molecular formula is C25H26N4O. The minimum absolute atomic E-state index is 0.0579. The molecule has 1 amide bonds. The molecule has 0 unspecified atom stereocenters. The Labute approximate surface area is 177 Å². The first-order valence-electron chi connectivity index (χ1n) is 10.5. The van der Waals surface area contributed by atoms with Gasteiger partial charge in [0.2, 0.25) is 5.91 Å². The Hall–Kier alpha value is -3.36. The zero-order valence-corrected chi connectivity index (χ0v) is 17.0. The van der Waals surface area contributed by atoms with Crippen molar-refractivity contribution in [3.8, 4) is 6.07 Å². The van der Waals surface area contributed by atoms with Crippen LogP contribution in [0.5, 0.6) is 0 Å². The van der Waals surface area contributed by atoms with Crippen molar-refractivity contribution in [1.29, 1.82) is 5.26 Å². The van der Waals surface area contributed by atoms with Gasteiger partial charge in [0.1, 0.15) is 0 Å². The van der Waals surface area contributed by atoms with E-state index in [1.165, 1.54) is 16.5 Å². The lowest BCUT2D eigenvalue weighted by molar-refractivity contribution is -0.116. The lowest BCUT2D eigenvalue weighted by Gasteiger charge is -2.28. The van der Waals surface area contributed by atoms with E-state index in [0.29, 0.717) is 6.54 Å². The number of hydrogen-bond donors (Lipinski definition) is 2. The zero-order chi connectivity index (χ0) is 20.8. The minimum Gasteiger partial charge on any atom is -0.361 e. The normalized spacial score (nSPS) is 14.0. The van der Waals surface area contributed by atoms with Gasteiger partial charge >= 0.3 is 0 Å². The molecule has 1 aromatic heterocycles. The van der Waals surface area contributed by atoms with Crippen LogP contribution in [0.2, 0.25) is 0 Å². The van der Waals surface area contributed by atoms with Gasteiger partial charge in [-0.05, 0) is 78.2 Å². The summed E-state index contributed by atoms with van der Waals surface area (Å²) in [5, 5.41) is 13.2. The summed E-state index contributed by atoms with van der Waals surface area (Å²) in [6.07, 6.45) is 8.39. The van der Waals surface area contributed by atoms with E-state index >= 15 is 0 Å². The van der Waals surface area contributed by atoms with E-state index in [1.807, 2.05) is 48.7 Å². The summed E-state index contributed by atoms with van der Waals surface area (Å²) in [6, 6.07) is 16.4. The highest BCUT2D eigenvalue weighted by Gasteiger charge is 2.16. The summed E-state index contributed by atoms with van der Waals surface area (Å²) < 4.78 is 0. The first kappa shape index (κ1) is 19.9. The Morgan fingerprint density at radius 1 is 1.17 bits per heavy atom. The number of hydrogen-bond acceptors (Lipinski definition) is 3. The van der Waals surface area contributed by atoms with Gasteiger partial charge in [0, 0.05) is 37.4 Å². The van der Waals surface area contributed by atoms with Crippen LogP contribution in [0, 0.1) is 11.3 Å². The van der Waals surface area contributed by atoms with Gasteiger partial charge in [-0.1, -0.05) is 18.2 Å². The molecule has 30 heavy (non-hydrogen) atoms. The zero-order valence-electron chi connectivity index (χ0n) is 17.0. The van der Waals surface area contributed by atoms with Crippen molar-refractivity contribution in [3.05, 3.63) is 77.0 Å². The van der Waals surface area contributed by atoms with Crippen LogP contribution in [-0.4, -0.2) is 35.4 Å². The third kappa shape index (κ3) is 4.97. The summed E-state index contributed by atoms with van der Waals surface area (Å²) in [7, 11) is 0. The second-order valence-electron chi connectivity index (χ2n) is 7.78. The number of aromatic nitrogens is 1. The van der Waals surface area contributed by atoms with E-state index in [1.54, 1.807) is 6.08 Å². The number of carbonyl (C=O) groups is 1. The quantitative estimate of drug-likeness (QED) is 0.467. The second kappa shape index (κ2) is 9.43. The topological polar surface area (TPSA) is 71.9 Å². The predicted octanol–water partition coefficient (Wildman–Crippen LogP) is 4.01. The van der Waals surface area contributed by atoms with Crippen LogP contribution in [0.3, 0.4) is 0 Å². The van der Waals surface area contributed by atoms with Gasteiger partial charge in [-0.25, -0.2) is 0 Å². The van der Waals surface area contributed by atoms with Crippen molar-refractivity contribution >= 4 is 22.9 Å². The van der Waals surface area contributed by atoms with Crippen LogP contribution >= 0.6 is 0 Å². The smallest absolute Gasteiger partial charge is 0.243 e. The Morgan fingerprint density at radius 2 is 2.10 bits per heavy atom. The fourth-order valence-electron chi connectivity index (χ4n) is 3.95. The van der Waals surface area contributed by atoms with Crippen LogP contribution < -0.4 is 5.32 Å². The molecular weight excluding hydrogens is 372 g/mol. The maximum atomic E-state index is 12.0. The minimum atomic E-state index is -0.0579. The number of unbranched alkanes of at least 4 members (excludes halogenated alkanes) is 1. The Morgan fingerprint density at radius 3 is 3.00 bits per heavy atom. The number of nitrogens with zero attached hydrogens (tertiary/aromatic N) is 2. The van der Waals surface area contributed by atoms with Crippen molar-refractivity contribution in [2.45, 2.75) is 25.8 Å². The second-order valence-corrected chi connectivity index (χ2v) is 7.78. The fraction of sp³-hybridized carbons (Fsp3) is 0.280. The van der Waals surface area contributed by atoms with E-state index in [0.717, 1.165) is 55.5 Å². The molecule has 3 aromatic rings. The lowest BCUT2D eigenvalue weighted by Crippen LogP contribution is -2.32. The van der Waals surface area contributed by atoms with Crippen LogP contribution in [0.15, 0.2) is 54.7 Å². The first-order valence-corrected chi connectivity index (χ1v) is 10.5. The molecule has 1 aliphatic heterocycles. The van der Waals surface area contributed by atoms with Gasteiger partial charge < -0.3 is 10.3 Å². The molecule has 152 valence electrons. The fourth-order valence-corrected chi connectivity index (χ4v) is 3.95.